The predicted octanol–water partition coefficient (Wildman–Crippen LogP) is 2.23. The molecule has 0 atom stereocenters. The number of hydrogen-bond donors (Lipinski definition) is 2. The molecule has 0 saturated carbocycles. The lowest BCUT2D eigenvalue weighted by Gasteiger charge is -2.31. The number of thiol groups is 2. The Morgan fingerprint density at radius 1 is 1.14 bits per heavy atom. The molecule has 21 heavy (non-hydrogen) atoms. The van der Waals surface area contributed by atoms with Crippen LogP contribution in [0.5, 0.6) is 0 Å². The molecule has 1 amide bonds. The molecule has 0 spiro atoms. The monoisotopic (exact) mass is 373 g/mol. The highest BCUT2D eigenvalue weighted by Gasteiger charge is 2.30. The van der Waals surface area contributed by atoms with E-state index in [9.17, 15) is 4.79 Å². The number of hydrazine groups is 1. The lowest BCUT2D eigenvalue weighted by molar-refractivity contribution is 0.0851. The van der Waals surface area contributed by atoms with Crippen LogP contribution < -0.4 is 5.01 Å². The summed E-state index contributed by atoms with van der Waals surface area (Å²) in [6.45, 7) is 0. The molecular formula is C10H7N5OS5. The van der Waals surface area contributed by atoms with E-state index in [0.717, 1.165) is 5.01 Å². The number of anilines is 1. The molecule has 2 heterocycles. The van der Waals surface area contributed by atoms with Gasteiger partial charge in [-0.25, -0.2) is 15.0 Å². The average Bonchev–Trinajstić information content (AvgIpc) is 2.97. The lowest BCUT2D eigenvalue weighted by Crippen LogP contribution is -2.49. The first-order chi connectivity index (χ1) is 10.0. The molecule has 0 radical (unpaired) electrons. The molecule has 0 bridgehead atoms. The number of hydrogen-bond acceptors (Lipinski definition) is 7. The first kappa shape index (κ1) is 16.2. The van der Waals surface area contributed by atoms with Crippen molar-refractivity contribution in [2.45, 2.75) is 0 Å². The van der Waals surface area contributed by atoms with Crippen LogP contribution >= 0.6 is 61.0 Å². The van der Waals surface area contributed by atoms with Gasteiger partial charge in [-0.2, -0.15) is 5.01 Å². The average molecular weight is 374 g/mol. The van der Waals surface area contributed by atoms with Gasteiger partial charge in [0.05, 0.1) is 6.20 Å². The summed E-state index contributed by atoms with van der Waals surface area (Å²) in [5, 5.41) is 4.52. The first-order valence-electron chi connectivity index (χ1n) is 5.28. The Kier molecular flexibility index (Phi) is 5.58. The zero-order valence-electron chi connectivity index (χ0n) is 10.2. The third kappa shape index (κ3) is 3.74. The summed E-state index contributed by atoms with van der Waals surface area (Å²) in [6, 6.07) is 0. The molecule has 2 rings (SSSR count). The largest absolute Gasteiger partial charge is 0.299 e. The fraction of sp³-hybridized carbons (Fsp3) is 0. The Bertz CT molecular complexity index is 662. The Morgan fingerprint density at radius 3 is 2.38 bits per heavy atom. The molecule has 0 aliphatic rings. The minimum atomic E-state index is -0.533. The molecule has 0 aromatic carbocycles. The topological polar surface area (TPSA) is 62.2 Å². The number of carbonyl (C=O) groups excluding carboxylic acids is 1. The van der Waals surface area contributed by atoms with Crippen LogP contribution in [0.4, 0.5) is 5.13 Å². The highest BCUT2D eigenvalue weighted by atomic mass is 32.1. The molecule has 0 aliphatic carbocycles. The summed E-state index contributed by atoms with van der Waals surface area (Å²) in [6.07, 6.45) is 5.76. The van der Waals surface area contributed by atoms with Gasteiger partial charge < -0.3 is 0 Å². The van der Waals surface area contributed by atoms with Gasteiger partial charge >= 0.3 is 0 Å². The van der Waals surface area contributed by atoms with Gasteiger partial charge in [0.2, 0.25) is 5.13 Å². The van der Waals surface area contributed by atoms with E-state index in [1.165, 1.54) is 34.9 Å². The number of thiazole rings is 1. The van der Waals surface area contributed by atoms with Gasteiger partial charge in [0.1, 0.15) is 5.69 Å². The second-order valence-electron chi connectivity index (χ2n) is 3.40. The number of aromatic nitrogens is 3. The number of thiocarbonyl (C=S) groups is 2. The van der Waals surface area contributed by atoms with Crippen molar-refractivity contribution in [1.29, 1.82) is 0 Å². The zero-order valence-corrected chi connectivity index (χ0v) is 14.4. The van der Waals surface area contributed by atoms with E-state index in [2.05, 4.69) is 40.2 Å². The van der Waals surface area contributed by atoms with Crippen molar-refractivity contribution in [2.75, 3.05) is 5.01 Å². The van der Waals surface area contributed by atoms with Crippen molar-refractivity contribution in [1.82, 2.24) is 20.0 Å². The van der Waals surface area contributed by atoms with Crippen molar-refractivity contribution in [3.63, 3.8) is 0 Å². The van der Waals surface area contributed by atoms with Crippen LogP contribution in [0.2, 0.25) is 0 Å². The second kappa shape index (κ2) is 7.22. The van der Waals surface area contributed by atoms with Crippen LogP contribution in [0.3, 0.4) is 0 Å². The minimum Gasteiger partial charge on any atom is -0.265 e. The maximum atomic E-state index is 12.6. The van der Waals surface area contributed by atoms with E-state index in [0.29, 0.717) is 5.13 Å². The van der Waals surface area contributed by atoms with Crippen LogP contribution in [-0.4, -0.2) is 34.5 Å². The van der Waals surface area contributed by atoms with E-state index >= 15 is 0 Å². The molecule has 2 aromatic rings. The van der Waals surface area contributed by atoms with Crippen molar-refractivity contribution in [3.05, 3.63) is 35.9 Å². The SMILES string of the molecule is O=C(c1cnccn1)N(C(=S)S)N(C(=S)S)c1nccs1. The fourth-order valence-corrected chi connectivity index (χ4v) is 2.82. The van der Waals surface area contributed by atoms with Gasteiger partial charge in [-0.05, 0) is 0 Å². The van der Waals surface area contributed by atoms with Gasteiger partial charge in [0.25, 0.3) is 5.91 Å². The molecule has 0 fully saturated rings. The number of carbonyl (C=O) groups is 1. The standard InChI is InChI=1S/C10H7N5OS5/c16-7(6-5-11-1-2-12-6)14(9(17)18)15(10(19)20)8-13-3-4-21-8/h1-5H,(H,17,18)(H,19,20). The highest BCUT2D eigenvalue weighted by Crippen LogP contribution is 2.23. The van der Waals surface area contributed by atoms with Crippen LogP contribution in [0.15, 0.2) is 30.2 Å². The van der Waals surface area contributed by atoms with Crippen LogP contribution in [-0.2, 0) is 0 Å². The Hall–Kier alpha value is -1.14. The second-order valence-corrected chi connectivity index (χ2v) is 6.50. The van der Waals surface area contributed by atoms with E-state index in [-0.39, 0.29) is 14.3 Å². The predicted molar refractivity (Wildman–Crippen MR) is 96.0 cm³/mol. The third-order valence-electron chi connectivity index (χ3n) is 2.14. The first-order valence-corrected chi connectivity index (χ1v) is 7.87. The quantitative estimate of drug-likeness (QED) is 0.475. The molecule has 0 N–H and O–H groups in total. The number of rotatable bonds is 2. The molecular weight excluding hydrogens is 366 g/mol. The molecule has 11 heteroatoms. The van der Waals surface area contributed by atoms with Gasteiger partial charge in [0.15, 0.2) is 8.64 Å². The molecule has 6 nitrogen and oxygen atoms in total. The lowest BCUT2D eigenvalue weighted by atomic mass is 10.4. The molecule has 108 valence electrons. The molecule has 0 saturated heterocycles. The van der Waals surface area contributed by atoms with Gasteiger partial charge in [-0.1, -0.05) is 24.4 Å². The van der Waals surface area contributed by atoms with Crippen molar-refractivity contribution in [3.8, 4) is 0 Å². The fourth-order valence-electron chi connectivity index (χ4n) is 1.35. The van der Waals surface area contributed by atoms with Crippen LogP contribution in [0, 0.1) is 0 Å². The molecule has 2 aromatic heterocycles. The normalized spacial score (nSPS) is 10.0. The minimum absolute atomic E-state index is 0.0164. The van der Waals surface area contributed by atoms with Crippen molar-refractivity contribution < 1.29 is 4.79 Å². The van der Waals surface area contributed by atoms with E-state index in [1.54, 1.807) is 11.6 Å². The number of amides is 1. The third-order valence-corrected chi connectivity index (χ3v) is 3.61. The maximum Gasteiger partial charge on any atom is 0.299 e. The summed E-state index contributed by atoms with van der Waals surface area (Å²) in [5.41, 5.74) is 0.0973. The Morgan fingerprint density at radius 2 is 1.90 bits per heavy atom. The van der Waals surface area contributed by atoms with Gasteiger partial charge in [-0.3, -0.25) is 9.78 Å². The smallest absolute Gasteiger partial charge is 0.265 e. The van der Waals surface area contributed by atoms with Gasteiger partial charge in [0, 0.05) is 24.0 Å². The van der Waals surface area contributed by atoms with E-state index < -0.39 is 5.91 Å². The summed E-state index contributed by atoms with van der Waals surface area (Å²) in [4.78, 5) is 24.5. The summed E-state index contributed by atoms with van der Waals surface area (Å²) >= 11 is 19.6. The summed E-state index contributed by atoms with van der Waals surface area (Å²) in [5.74, 6) is -0.533. The van der Waals surface area contributed by atoms with Crippen LogP contribution in [0.1, 0.15) is 10.5 Å². The van der Waals surface area contributed by atoms with Gasteiger partial charge in [-0.15, -0.1) is 36.6 Å². The Balaban J connectivity index is 2.44. The van der Waals surface area contributed by atoms with E-state index in [4.69, 9.17) is 24.4 Å². The van der Waals surface area contributed by atoms with Crippen molar-refractivity contribution >= 4 is 80.7 Å². The maximum absolute atomic E-state index is 12.6. The summed E-state index contributed by atoms with van der Waals surface area (Å²) < 4.78 is 0.0795. The molecule has 0 unspecified atom stereocenters. The number of nitrogens with zero attached hydrogens (tertiary/aromatic N) is 5. The van der Waals surface area contributed by atoms with E-state index in [1.807, 2.05) is 0 Å². The highest BCUT2D eigenvalue weighted by molar-refractivity contribution is 8.12. The van der Waals surface area contributed by atoms with Crippen LogP contribution in [0.25, 0.3) is 0 Å². The van der Waals surface area contributed by atoms with Crippen molar-refractivity contribution in [2.24, 2.45) is 0 Å². The molecule has 0 aliphatic heterocycles. The summed E-state index contributed by atoms with van der Waals surface area (Å²) in [7, 11) is 0. The zero-order chi connectivity index (χ0) is 15.4. The Labute approximate surface area is 146 Å².